The van der Waals surface area contributed by atoms with Crippen molar-refractivity contribution in [3.05, 3.63) is 71.2 Å². The monoisotopic (exact) mass is 365 g/mol. The quantitative estimate of drug-likeness (QED) is 0.524. The number of furan rings is 1. The summed E-state index contributed by atoms with van der Waals surface area (Å²) >= 11 is 5.88. The fourth-order valence-corrected chi connectivity index (χ4v) is 3.13. The molecule has 4 rings (SSSR count). The van der Waals surface area contributed by atoms with Crippen LogP contribution in [0.2, 0.25) is 5.02 Å². The number of para-hydroxylation sites is 1. The van der Waals surface area contributed by atoms with Crippen LogP contribution >= 0.6 is 11.6 Å². The predicted octanol–water partition coefficient (Wildman–Crippen LogP) is 5.43. The van der Waals surface area contributed by atoms with E-state index in [0.717, 1.165) is 21.9 Å². The summed E-state index contributed by atoms with van der Waals surface area (Å²) in [6.45, 7) is 0. The van der Waals surface area contributed by atoms with Crippen molar-refractivity contribution in [2.24, 2.45) is 0 Å². The lowest BCUT2D eigenvalue weighted by Crippen LogP contribution is -2.15. The predicted molar refractivity (Wildman–Crippen MR) is 104 cm³/mol. The van der Waals surface area contributed by atoms with Crippen molar-refractivity contribution in [1.29, 1.82) is 0 Å². The highest BCUT2D eigenvalue weighted by Crippen LogP contribution is 2.36. The van der Waals surface area contributed by atoms with Gasteiger partial charge < -0.3 is 14.5 Å². The zero-order valence-electron chi connectivity index (χ0n) is 14.1. The fraction of sp³-hybridized carbons (Fsp3) is 0.0952. The van der Waals surface area contributed by atoms with Crippen LogP contribution in [-0.4, -0.2) is 13.0 Å². The molecule has 130 valence electrons. The normalized spacial score (nSPS) is 11.0. The number of benzene rings is 3. The molecule has 1 heterocycles. The van der Waals surface area contributed by atoms with Gasteiger partial charge in [-0.15, -0.1) is 0 Å². The van der Waals surface area contributed by atoms with Crippen molar-refractivity contribution in [2.45, 2.75) is 6.42 Å². The molecule has 0 saturated carbocycles. The summed E-state index contributed by atoms with van der Waals surface area (Å²) in [5.74, 6) is 0.453. The molecule has 0 fully saturated rings. The lowest BCUT2D eigenvalue weighted by molar-refractivity contribution is -0.115. The van der Waals surface area contributed by atoms with Gasteiger partial charge in [-0.3, -0.25) is 4.79 Å². The van der Waals surface area contributed by atoms with Gasteiger partial charge in [-0.25, -0.2) is 0 Å². The molecule has 3 aromatic carbocycles. The SMILES string of the molecule is COc1cc2c(cc1NC(=O)Cc1ccc(Cl)cc1)oc1ccccc12. The third kappa shape index (κ3) is 3.11. The second-order valence-corrected chi connectivity index (χ2v) is 6.43. The number of carbonyl (C=O) groups is 1. The zero-order chi connectivity index (χ0) is 18.1. The van der Waals surface area contributed by atoms with Crippen molar-refractivity contribution in [1.82, 2.24) is 0 Å². The number of hydrogen-bond donors (Lipinski definition) is 1. The number of hydrogen-bond acceptors (Lipinski definition) is 3. The molecule has 0 radical (unpaired) electrons. The molecule has 1 N–H and O–H groups in total. The fourth-order valence-electron chi connectivity index (χ4n) is 3.00. The second kappa shape index (κ2) is 6.73. The van der Waals surface area contributed by atoms with Gasteiger partial charge >= 0.3 is 0 Å². The van der Waals surface area contributed by atoms with Crippen LogP contribution in [0.4, 0.5) is 5.69 Å². The molecule has 0 aliphatic heterocycles. The minimum atomic E-state index is -0.138. The number of halogens is 1. The second-order valence-electron chi connectivity index (χ2n) is 6.00. The van der Waals surface area contributed by atoms with Crippen molar-refractivity contribution in [3.8, 4) is 5.75 Å². The molecule has 1 amide bonds. The number of methoxy groups -OCH3 is 1. The average Bonchev–Trinajstić information content (AvgIpc) is 3.00. The van der Waals surface area contributed by atoms with Gasteiger partial charge in [0.25, 0.3) is 0 Å². The van der Waals surface area contributed by atoms with Crippen LogP contribution in [-0.2, 0) is 11.2 Å². The molecule has 4 aromatic rings. The first kappa shape index (κ1) is 16.5. The minimum Gasteiger partial charge on any atom is -0.495 e. The molecule has 5 heteroatoms. The van der Waals surface area contributed by atoms with Crippen molar-refractivity contribution >= 4 is 45.1 Å². The van der Waals surface area contributed by atoms with Crippen molar-refractivity contribution < 1.29 is 13.9 Å². The summed E-state index contributed by atoms with van der Waals surface area (Å²) in [5.41, 5.74) is 2.97. The zero-order valence-corrected chi connectivity index (χ0v) is 14.8. The van der Waals surface area contributed by atoms with E-state index in [2.05, 4.69) is 5.32 Å². The topological polar surface area (TPSA) is 51.5 Å². The van der Waals surface area contributed by atoms with Crippen LogP contribution in [0.1, 0.15) is 5.56 Å². The van der Waals surface area contributed by atoms with Crippen LogP contribution in [0, 0.1) is 0 Å². The highest BCUT2D eigenvalue weighted by atomic mass is 35.5. The van der Waals surface area contributed by atoms with Gasteiger partial charge in [-0.1, -0.05) is 41.9 Å². The Kier molecular flexibility index (Phi) is 4.27. The Bertz CT molecular complexity index is 1100. The molecule has 4 nitrogen and oxygen atoms in total. The largest absolute Gasteiger partial charge is 0.495 e. The van der Waals surface area contributed by atoms with E-state index in [1.165, 1.54) is 0 Å². The van der Waals surface area contributed by atoms with Crippen molar-refractivity contribution in [3.63, 3.8) is 0 Å². The number of fused-ring (bicyclic) bond motifs is 3. The maximum atomic E-state index is 12.4. The highest BCUT2D eigenvalue weighted by molar-refractivity contribution is 6.30. The van der Waals surface area contributed by atoms with Crippen LogP contribution in [0.25, 0.3) is 21.9 Å². The Labute approximate surface area is 155 Å². The Hall–Kier alpha value is -2.98. The number of anilines is 1. The molecule has 0 bridgehead atoms. The summed E-state index contributed by atoms with van der Waals surface area (Å²) in [6.07, 6.45) is 0.249. The van der Waals surface area contributed by atoms with Gasteiger partial charge in [0, 0.05) is 21.9 Å². The maximum absolute atomic E-state index is 12.4. The summed E-state index contributed by atoms with van der Waals surface area (Å²) in [7, 11) is 1.58. The molecule has 0 aliphatic carbocycles. The molecule has 0 atom stereocenters. The molecular weight excluding hydrogens is 350 g/mol. The molecule has 0 saturated heterocycles. The Morgan fingerprint density at radius 1 is 1.04 bits per heavy atom. The van der Waals surface area contributed by atoms with Crippen molar-refractivity contribution in [2.75, 3.05) is 12.4 Å². The minimum absolute atomic E-state index is 0.138. The third-order valence-corrected chi connectivity index (χ3v) is 4.50. The highest BCUT2D eigenvalue weighted by Gasteiger charge is 2.14. The van der Waals surface area contributed by atoms with Gasteiger partial charge in [0.2, 0.25) is 5.91 Å². The van der Waals surface area contributed by atoms with Gasteiger partial charge in [-0.05, 0) is 29.8 Å². The average molecular weight is 366 g/mol. The molecule has 0 unspecified atom stereocenters. The maximum Gasteiger partial charge on any atom is 0.228 e. The van der Waals surface area contributed by atoms with Gasteiger partial charge in [-0.2, -0.15) is 0 Å². The van der Waals surface area contributed by atoms with Crippen LogP contribution in [0.15, 0.2) is 65.1 Å². The first-order chi connectivity index (χ1) is 12.6. The molecule has 0 spiro atoms. The number of amides is 1. The lowest BCUT2D eigenvalue weighted by atomic mass is 10.1. The number of ether oxygens (including phenoxy) is 1. The van der Waals surface area contributed by atoms with Gasteiger partial charge in [0.05, 0.1) is 19.2 Å². The van der Waals surface area contributed by atoms with E-state index < -0.39 is 0 Å². The van der Waals surface area contributed by atoms with Gasteiger partial charge in [0.1, 0.15) is 16.9 Å². The summed E-state index contributed by atoms with van der Waals surface area (Å²) in [5, 5.41) is 5.51. The smallest absolute Gasteiger partial charge is 0.228 e. The first-order valence-electron chi connectivity index (χ1n) is 8.17. The number of carbonyl (C=O) groups excluding carboxylic acids is 1. The molecule has 1 aromatic heterocycles. The summed E-state index contributed by atoms with van der Waals surface area (Å²) in [6, 6.07) is 18.7. The Balaban J connectivity index is 1.65. The molecular formula is C21H16ClNO3. The lowest BCUT2D eigenvalue weighted by Gasteiger charge is -2.10. The van der Waals surface area contributed by atoms with E-state index in [4.69, 9.17) is 20.8 Å². The van der Waals surface area contributed by atoms with E-state index in [0.29, 0.717) is 22.0 Å². The molecule has 26 heavy (non-hydrogen) atoms. The molecule has 0 aliphatic rings. The van der Waals surface area contributed by atoms with E-state index in [1.807, 2.05) is 42.5 Å². The number of rotatable bonds is 4. The Morgan fingerprint density at radius 2 is 1.81 bits per heavy atom. The summed E-state index contributed by atoms with van der Waals surface area (Å²) < 4.78 is 11.3. The third-order valence-electron chi connectivity index (χ3n) is 4.25. The van der Waals surface area contributed by atoms with Crippen LogP contribution < -0.4 is 10.1 Å². The van der Waals surface area contributed by atoms with Crippen LogP contribution in [0.5, 0.6) is 5.75 Å². The van der Waals surface area contributed by atoms with E-state index in [9.17, 15) is 4.79 Å². The standard InChI is InChI=1S/C21H16ClNO3/c1-25-20-11-16-15-4-2-3-5-18(15)26-19(16)12-17(20)23-21(24)10-13-6-8-14(22)9-7-13/h2-9,11-12H,10H2,1H3,(H,23,24). The van der Waals surface area contributed by atoms with Crippen LogP contribution in [0.3, 0.4) is 0 Å². The van der Waals surface area contributed by atoms with E-state index >= 15 is 0 Å². The van der Waals surface area contributed by atoms with E-state index in [-0.39, 0.29) is 12.3 Å². The van der Waals surface area contributed by atoms with Gasteiger partial charge in [0.15, 0.2) is 0 Å². The number of nitrogens with one attached hydrogen (secondary N) is 1. The Morgan fingerprint density at radius 3 is 2.58 bits per heavy atom. The summed E-state index contributed by atoms with van der Waals surface area (Å²) in [4.78, 5) is 12.4. The first-order valence-corrected chi connectivity index (χ1v) is 8.55. The van der Waals surface area contributed by atoms with E-state index in [1.54, 1.807) is 25.3 Å².